The lowest BCUT2D eigenvalue weighted by Gasteiger charge is -1.99. The predicted octanol–water partition coefficient (Wildman–Crippen LogP) is 2.18. The van der Waals surface area contributed by atoms with Gasteiger partial charge in [0.2, 0.25) is 0 Å². The van der Waals surface area contributed by atoms with Crippen LogP contribution in [0.2, 0.25) is 10.3 Å². The van der Waals surface area contributed by atoms with Gasteiger partial charge in [0.15, 0.2) is 0 Å². The van der Waals surface area contributed by atoms with E-state index in [1.54, 1.807) is 0 Å². The monoisotopic (exact) mass is 197 g/mol. The van der Waals surface area contributed by atoms with Gasteiger partial charge in [-0.2, -0.15) is 9.97 Å². The highest BCUT2D eigenvalue weighted by atomic mass is 35.5. The first-order chi connectivity index (χ1) is 7.12. The maximum Gasteiger partial charge on any atom is 0.319 e. The number of rotatable bonds is 2. The zero-order chi connectivity index (χ0) is 12.6. The van der Waals surface area contributed by atoms with E-state index in [1.807, 2.05) is 0 Å². The van der Waals surface area contributed by atoms with Crippen LogP contribution in [0.5, 0.6) is 6.01 Å². The van der Waals surface area contributed by atoms with Crippen molar-refractivity contribution in [1.82, 2.24) is 9.97 Å². The summed E-state index contributed by atoms with van der Waals surface area (Å²) in [5.74, 6) is 0. The Hall–Kier alpha value is -0.540. The van der Waals surface area contributed by atoms with E-state index < -0.39 is 19.4 Å². The van der Waals surface area contributed by atoms with Crippen molar-refractivity contribution in [2.75, 3.05) is 6.56 Å². The average Bonchev–Trinajstić information content (AvgIpc) is 1.97. The molecule has 0 spiro atoms. The van der Waals surface area contributed by atoms with Crippen molar-refractivity contribution in [1.29, 1.82) is 0 Å². The van der Waals surface area contributed by atoms with E-state index in [0.29, 0.717) is 0 Å². The van der Waals surface area contributed by atoms with Gasteiger partial charge in [0.05, 0.1) is 9.30 Å². The van der Waals surface area contributed by atoms with Gasteiger partial charge in [0.1, 0.15) is 10.3 Å². The third kappa shape index (κ3) is 2.52. The Morgan fingerprint density at radius 2 is 2.27 bits per heavy atom. The molecule has 1 aromatic heterocycles. The summed E-state index contributed by atoms with van der Waals surface area (Å²) in [6.45, 7) is -5.88. The Kier molecular flexibility index (Phi) is 1.33. The van der Waals surface area contributed by atoms with Crippen molar-refractivity contribution in [2.24, 2.45) is 0 Å². The normalized spacial score (nSPS) is 18.9. The van der Waals surface area contributed by atoms with Crippen molar-refractivity contribution in [2.45, 2.75) is 6.85 Å². The number of ether oxygens (including phenoxy) is 1. The van der Waals surface area contributed by atoms with E-state index in [1.165, 1.54) is 6.07 Å². The van der Waals surface area contributed by atoms with E-state index in [2.05, 4.69) is 14.7 Å². The molecular formula is C6H6Cl2N2O. The molecule has 5 heteroatoms. The quantitative estimate of drug-likeness (QED) is 0.683. The molecule has 0 aliphatic rings. The molecule has 11 heavy (non-hydrogen) atoms. The standard InChI is InChI=1S/C6H6Cl2N2O/c1-2-11-6-9-4(7)3-5(8)10-6/h3H,2H2,1H3/i1D3,2D2. The lowest BCUT2D eigenvalue weighted by Crippen LogP contribution is -1.97. The van der Waals surface area contributed by atoms with Gasteiger partial charge in [0.25, 0.3) is 0 Å². The van der Waals surface area contributed by atoms with Crippen LogP contribution in [0.3, 0.4) is 0 Å². The number of hydrogen-bond acceptors (Lipinski definition) is 3. The molecular weight excluding hydrogens is 187 g/mol. The lowest BCUT2D eigenvalue weighted by atomic mass is 10.7. The van der Waals surface area contributed by atoms with Crippen LogP contribution in [0.25, 0.3) is 0 Å². The first-order valence-electron chi connectivity index (χ1n) is 5.01. The largest absolute Gasteiger partial charge is 0.464 e. The summed E-state index contributed by atoms with van der Waals surface area (Å²) in [6, 6.07) is 0.680. The highest BCUT2D eigenvalue weighted by Crippen LogP contribution is 2.15. The van der Waals surface area contributed by atoms with E-state index in [9.17, 15) is 0 Å². The van der Waals surface area contributed by atoms with Gasteiger partial charge < -0.3 is 4.74 Å². The van der Waals surface area contributed by atoms with E-state index in [4.69, 9.17) is 30.1 Å². The molecule has 0 bridgehead atoms. The van der Waals surface area contributed by atoms with Gasteiger partial charge in [-0.1, -0.05) is 23.2 Å². The Morgan fingerprint density at radius 3 is 2.82 bits per heavy atom. The average molecular weight is 198 g/mol. The van der Waals surface area contributed by atoms with Crippen molar-refractivity contribution in [3.8, 4) is 6.01 Å². The van der Waals surface area contributed by atoms with Crippen molar-refractivity contribution >= 4 is 23.2 Å². The minimum Gasteiger partial charge on any atom is -0.464 e. The molecule has 1 heterocycles. The number of aromatic nitrogens is 2. The fourth-order valence-corrected chi connectivity index (χ4v) is 0.869. The Balaban J connectivity index is 2.96. The van der Waals surface area contributed by atoms with Gasteiger partial charge >= 0.3 is 6.01 Å². The van der Waals surface area contributed by atoms with Gasteiger partial charge in [-0.3, -0.25) is 0 Å². The summed E-state index contributed by atoms with van der Waals surface area (Å²) in [4.78, 5) is 6.98. The molecule has 60 valence electrons. The van der Waals surface area contributed by atoms with Crippen molar-refractivity contribution in [3.05, 3.63) is 16.4 Å². The van der Waals surface area contributed by atoms with Gasteiger partial charge in [0, 0.05) is 10.2 Å². The van der Waals surface area contributed by atoms with Crippen LogP contribution in [0, 0.1) is 0 Å². The molecule has 0 aromatic carbocycles. The minimum atomic E-state index is -2.97. The molecule has 0 aliphatic heterocycles. The molecule has 0 aliphatic carbocycles. The highest BCUT2D eigenvalue weighted by molar-refractivity contribution is 6.33. The second-order valence-corrected chi connectivity index (χ2v) is 2.27. The molecule has 3 nitrogen and oxygen atoms in total. The Bertz CT molecular complexity index is 377. The van der Waals surface area contributed by atoms with E-state index in [-0.39, 0.29) is 10.3 Å². The zero-order valence-electron chi connectivity index (χ0n) is 10.1. The molecule has 0 unspecified atom stereocenters. The molecule has 0 saturated heterocycles. The van der Waals surface area contributed by atoms with E-state index in [0.717, 1.165) is 0 Å². The fourth-order valence-electron chi connectivity index (χ4n) is 0.462. The summed E-state index contributed by atoms with van der Waals surface area (Å²) in [7, 11) is 0. The summed E-state index contributed by atoms with van der Waals surface area (Å²) in [6.07, 6.45) is 0. The third-order valence-corrected chi connectivity index (χ3v) is 1.17. The summed E-state index contributed by atoms with van der Waals surface area (Å²) in [5.41, 5.74) is 0. The summed E-state index contributed by atoms with van der Waals surface area (Å²) >= 11 is 11.0. The van der Waals surface area contributed by atoms with Crippen LogP contribution >= 0.6 is 23.2 Å². The van der Waals surface area contributed by atoms with Gasteiger partial charge in [-0.05, 0) is 6.85 Å². The Morgan fingerprint density at radius 1 is 1.64 bits per heavy atom. The predicted molar refractivity (Wildman–Crippen MR) is 43.2 cm³/mol. The number of hydrogen-bond donors (Lipinski definition) is 0. The molecule has 0 amide bonds. The maximum atomic E-state index is 7.17. The second-order valence-electron chi connectivity index (χ2n) is 1.50. The van der Waals surface area contributed by atoms with Crippen molar-refractivity contribution in [3.63, 3.8) is 0 Å². The highest BCUT2D eigenvalue weighted by Gasteiger charge is 2.00. The second kappa shape index (κ2) is 3.74. The summed E-state index contributed by atoms with van der Waals surface area (Å²) in [5, 5.41) is -0.146. The smallest absolute Gasteiger partial charge is 0.319 e. The third-order valence-electron chi connectivity index (χ3n) is 0.785. The molecule has 1 aromatic rings. The molecule has 0 fully saturated rings. The molecule has 0 atom stereocenters. The number of nitrogens with zero attached hydrogens (tertiary/aromatic N) is 2. The number of halogens is 2. The molecule has 0 N–H and O–H groups in total. The van der Waals surface area contributed by atoms with Gasteiger partial charge in [-0.25, -0.2) is 0 Å². The molecule has 0 saturated carbocycles. The van der Waals surface area contributed by atoms with Crippen LogP contribution in [-0.4, -0.2) is 16.5 Å². The zero-order valence-corrected chi connectivity index (χ0v) is 6.65. The maximum absolute atomic E-state index is 7.17. The van der Waals surface area contributed by atoms with Gasteiger partial charge in [-0.15, -0.1) is 0 Å². The Labute approximate surface area is 81.3 Å². The van der Waals surface area contributed by atoms with Crippen molar-refractivity contribution < 1.29 is 11.6 Å². The molecule has 1 rings (SSSR count). The molecule has 0 radical (unpaired) electrons. The van der Waals surface area contributed by atoms with Crippen LogP contribution in [0.4, 0.5) is 0 Å². The SMILES string of the molecule is [2H]C([2H])([2H])C([2H])([2H])Oc1nc(Cl)cc(Cl)n1. The fraction of sp³-hybridized carbons (Fsp3) is 0.333. The van der Waals surface area contributed by atoms with Crippen LogP contribution in [0.15, 0.2) is 6.07 Å². The van der Waals surface area contributed by atoms with E-state index >= 15 is 0 Å². The first kappa shape index (κ1) is 3.92. The topological polar surface area (TPSA) is 35.0 Å². The lowest BCUT2D eigenvalue weighted by molar-refractivity contribution is 0.312. The summed E-state index contributed by atoms with van der Waals surface area (Å²) < 4.78 is 39.6. The van der Waals surface area contributed by atoms with Crippen LogP contribution in [-0.2, 0) is 0 Å². The van der Waals surface area contributed by atoms with Crippen LogP contribution in [0.1, 0.15) is 13.7 Å². The van der Waals surface area contributed by atoms with Crippen LogP contribution < -0.4 is 4.74 Å². The first-order valence-corrected chi connectivity index (χ1v) is 3.26. The minimum absolute atomic E-state index is 0.0728.